The second kappa shape index (κ2) is 6.81. The summed E-state index contributed by atoms with van der Waals surface area (Å²) in [7, 11) is 0. The second-order valence-electron chi connectivity index (χ2n) is 8.18. The third-order valence-corrected chi connectivity index (χ3v) is 6.63. The van der Waals surface area contributed by atoms with Crippen LogP contribution in [-0.4, -0.2) is 59.8 Å². The number of benzene rings is 2. The maximum absolute atomic E-state index is 11.5. The van der Waals surface area contributed by atoms with E-state index in [1.807, 2.05) is 48.5 Å². The number of aliphatic hydroxyl groups is 3. The Labute approximate surface area is 182 Å². The normalized spacial score (nSPS) is 27.0. The molecule has 0 bridgehead atoms. The minimum atomic E-state index is -1.54. The fraction of sp³-hybridized carbons (Fsp3) is 0.261. The summed E-state index contributed by atoms with van der Waals surface area (Å²) < 4.78 is 8.00. The Hall–Kier alpha value is -3.37. The molecule has 0 radical (unpaired) electrons. The topological polar surface area (TPSA) is 140 Å². The molecular formula is C23H21N5O4. The van der Waals surface area contributed by atoms with Gasteiger partial charge in [0, 0.05) is 0 Å². The molecule has 1 aliphatic carbocycles. The molecule has 9 nitrogen and oxygen atoms in total. The number of ether oxygens (including phenoxy) is 1. The van der Waals surface area contributed by atoms with E-state index in [-0.39, 0.29) is 5.82 Å². The van der Waals surface area contributed by atoms with Gasteiger partial charge in [-0.15, -0.1) is 0 Å². The highest BCUT2D eigenvalue weighted by molar-refractivity contribution is 5.82. The van der Waals surface area contributed by atoms with Gasteiger partial charge in [0.05, 0.1) is 18.9 Å². The van der Waals surface area contributed by atoms with Crippen LogP contribution < -0.4 is 5.73 Å². The van der Waals surface area contributed by atoms with Crippen molar-refractivity contribution in [2.24, 2.45) is 0 Å². The molecule has 4 aromatic rings. The van der Waals surface area contributed by atoms with Crippen LogP contribution in [0, 0.1) is 0 Å². The van der Waals surface area contributed by atoms with Crippen LogP contribution in [0.25, 0.3) is 22.3 Å². The van der Waals surface area contributed by atoms with E-state index < -0.39 is 36.6 Å². The number of fused-ring (bicyclic) bond motifs is 4. The van der Waals surface area contributed by atoms with Gasteiger partial charge in [0.1, 0.15) is 30.2 Å². The molecule has 1 aliphatic heterocycles. The van der Waals surface area contributed by atoms with Crippen molar-refractivity contribution in [2.45, 2.75) is 30.0 Å². The average molecular weight is 431 g/mol. The summed E-state index contributed by atoms with van der Waals surface area (Å²) >= 11 is 0. The number of aromatic nitrogens is 4. The molecule has 32 heavy (non-hydrogen) atoms. The van der Waals surface area contributed by atoms with Gasteiger partial charge in [0.2, 0.25) is 0 Å². The third kappa shape index (κ3) is 2.33. The van der Waals surface area contributed by atoms with Crippen LogP contribution in [0.15, 0.2) is 61.2 Å². The van der Waals surface area contributed by atoms with Crippen molar-refractivity contribution in [3.8, 4) is 11.1 Å². The van der Waals surface area contributed by atoms with Gasteiger partial charge >= 0.3 is 0 Å². The molecule has 9 heteroatoms. The lowest BCUT2D eigenvalue weighted by Crippen LogP contribution is -2.50. The van der Waals surface area contributed by atoms with Crippen LogP contribution in [0.1, 0.15) is 17.0 Å². The number of aliphatic hydroxyl groups excluding tert-OH is 3. The van der Waals surface area contributed by atoms with Gasteiger partial charge in [-0.2, -0.15) is 0 Å². The monoisotopic (exact) mass is 431 g/mol. The number of nitrogens with zero attached hydrogens (tertiary/aromatic N) is 4. The lowest BCUT2D eigenvalue weighted by Gasteiger charge is -2.40. The van der Waals surface area contributed by atoms with E-state index in [4.69, 9.17) is 10.5 Å². The number of imidazole rings is 1. The summed E-state index contributed by atoms with van der Waals surface area (Å²) in [6, 6.07) is 15.8. The van der Waals surface area contributed by atoms with Gasteiger partial charge in [-0.3, -0.25) is 4.57 Å². The molecule has 1 fully saturated rings. The number of nitrogens with two attached hydrogens (primary N) is 1. The number of hydrogen-bond donors (Lipinski definition) is 4. The van der Waals surface area contributed by atoms with Crippen molar-refractivity contribution in [2.75, 3.05) is 12.3 Å². The van der Waals surface area contributed by atoms with Crippen LogP contribution in [0.4, 0.5) is 5.82 Å². The van der Waals surface area contributed by atoms with E-state index >= 15 is 0 Å². The zero-order chi connectivity index (χ0) is 22.0. The Kier molecular flexibility index (Phi) is 4.11. The lowest BCUT2D eigenvalue weighted by molar-refractivity contribution is -0.155. The number of anilines is 1. The SMILES string of the molecule is Nc1ncnc2c1ncn2[C@]1(C2c3ccccc3-c3ccccc32)O[C@H](CO)[C@@H](O)[C@H]1O. The van der Waals surface area contributed by atoms with Gasteiger partial charge in [-0.1, -0.05) is 48.5 Å². The minimum absolute atomic E-state index is 0.197. The first kappa shape index (κ1) is 19.3. The van der Waals surface area contributed by atoms with Gasteiger partial charge in [0.15, 0.2) is 17.2 Å². The zero-order valence-corrected chi connectivity index (χ0v) is 16.9. The molecule has 2 aromatic heterocycles. The van der Waals surface area contributed by atoms with Crippen LogP contribution in [-0.2, 0) is 10.5 Å². The third-order valence-electron chi connectivity index (χ3n) is 6.63. The molecule has 2 aliphatic rings. The minimum Gasteiger partial charge on any atom is -0.394 e. The van der Waals surface area contributed by atoms with Crippen molar-refractivity contribution in [1.82, 2.24) is 19.5 Å². The Balaban J connectivity index is 1.69. The van der Waals surface area contributed by atoms with E-state index in [0.29, 0.717) is 11.2 Å². The summed E-state index contributed by atoms with van der Waals surface area (Å²) in [6.07, 6.45) is -0.897. The van der Waals surface area contributed by atoms with Crippen molar-refractivity contribution < 1.29 is 20.1 Å². The highest BCUT2D eigenvalue weighted by atomic mass is 16.6. The fourth-order valence-corrected chi connectivity index (χ4v) is 5.26. The Morgan fingerprint density at radius 1 is 0.969 bits per heavy atom. The first-order chi connectivity index (χ1) is 15.6. The Morgan fingerprint density at radius 2 is 1.62 bits per heavy atom. The molecular weight excluding hydrogens is 410 g/mol. The van der Waals surface area contributed by atoms with Crippen LogP contribution in [0.2, 0.25) is 0 Å². The standard InChI is InChI=1S/C23H21N5O4/c24-21-18-22(26-10-25-21)28(11-27-18)23(20(31)19(30)16(9-29)32-23)17-14-7-3-1-5-12(14)13-6-2-4-8-15(13)17/h1-8,10-11,16-17,19-20,29-31H,9H2,(H2,24,25,26)/t16-,19-,20-,23-/m1/s1. The molecule has 3 heterocycles. The van der Waals surface area contributed by atoms with Crippen molar-refractivity contribution in [3.63, 3.8) is 0 Å². The van der Waals surface area contributed by atoms with Crippen LogP contribution in [0.3, 0.4) is 0 Å². The number of hydrogen-bond acceptors (Lipinski definition) is 8. The first-order valence-electron chi connectivity index (χ1n) is 10.3. The molecule has 162 valence electrons. The molecule has 5 N–H and O–H groups in total. The summed E-state index contributed by atoms with van der Waals surface area (Å²) in [6.45, 7) is -0.459. The van der Waals surface area contributed by atoms with Crippen molar-refractivity contribution in [3.05, 3.63) is 72.3 Å². The second-order valence-corrected chi connectivity index (χ2v) is 8.18. The average Bonchev–Trinajstić information content (AvgIpc) is 3.47. The molecule has 6 rings (SSSR count). The predicted molar refractivity (Wildman–Crippen MR) is 115 cm³/mol. The predicted octanol–water partition coefficient (Wildman–Crippen LogP) is 0.987. The van der Waals surface area contributed by atoms with Gasteiger partial charge in [-0.05, 0) is 22.3 Å². The Morgan fingerprint density at radius 3 is 2.25 bits per heavy atom. The number of rotatable bonds is 3. The summed E-state index contributed by atoms with van der Waals surface area (Å²) in [5.74, 6) is -0.312. The molecule has 4 atom stereocenters. The molecule has 0 saturated carbocycles. The quantitative estimate of drug-likeness (QED) is 0.377. The fourth-order valence-electron chi connectivity index (χ4n) is 5.26. The maximum Gasteiger partial charge on any atom is 0.187 e. The maximum atomic E-state index is 11.5. The molecule has 1 saturated heterocycles. The molecule has 0 unspecified atom stereocenters. The van der Waals surface area contributed by atoms with E-state index in [2.05, 4.69) is 15.0 Å². The zero-order valence-electron chi connectivity index (χ0n) is 16.9. The smallest absolute Gasteiger partial charge is 0.187 e. The lowest BCUT2D eigenvalue weighted by atomic mass is 9.82. The summed E-state index contributed by atoms with van der Waals surface area (Å²) in [4.78, 5) is 12.7. The van der Waals surface area contributed by atoms with Crippen LogP contribution >= 0.6 is 0 Å². The molecule has 2 aromatic carbocycles. The van der Waals surface area contributed by atoms with Crippen molar-refractivity contribution in [1.29, 1.82) is 0 Å². The van der Waals surface area contributed by atoms with E-state index in [1.54, 1.807) is 4.57 Å². The molecule has 0 amide bonds. The van der Waals surface area contributed by atoms with Gasteiger partial charge < -0.3 is 25.8 Å². The van der Waals surface area contributed by atoms with E-state index in [0.717, 1.165) is 22.3 Å². The number of nitrogen functional groups attached to an aromatic ring is 1. The van der Waals surface area contributed by atoms with Gasteiger partial charge in [0.25, 0.3) is 0 Å². The highest BCUT2D eigenvalue weighted by Crippen LogP contribution is 2.56. The summed E-state index contributed by atoms with van der Waals surface area (Å²) in [5, 5.41) is 32.3. The highest BCUT2D eigenvalue weighted by Gasteiger charge is 2.62. The van der Waals surface area contributed by atoms with E-state index in [1.165, 1.54) is 12.7 Å². The first-order valence-corrected chi connectivity index (χ1v) is 10.3. The Bertz CT molecular complexity index is 1300. The van der Waals surface area contributed by atoms with Crippen LogP contribution in [0.5, 0.6) is 0 Å². The van der Waals surface area contributed by atoms with Crippen molar-refractivity contribution >= 4 is 17.0 Å². The summed E-state index contributed by atoms with van der Waals surface area (Å²) in [5.41, 5.74) is 9.11. The van der Waals surface area contributed by atoms with Gasteiger partial charge in [-0.25, -0.2) is 15.0 Å². The largest absolute Gasteiger partial charge is 0.394 e. The van der Waals surface area contributed by atoms with E-state index in [9.17, 15) is 15.3 Å². The molecule has 0 spiro atoms.